The van der Waals surface area contributed by atoms with E-state index in [9.17, 15) is 9.59 Å². The Bertz CT molecular complexity index is 369. The second-order valence-electron chi connectivity index (χ2n) is 7.72. The highest BCUT2D eigenvalue weighted by Gasteiger charge is 2.39. The standard InChI is InChI=1S/C22H40O4/c1-5-9-13-17(7-3)25-21(23)19-15-11-12-16-20(19)22(24)26-18(8-4)14-10-6-2/h17-20H,5-16H2,1-4H3. The van der Waals surface area contributed by atoms with Crippen LogP contribution >= 0.6 is 0 Å². The fraction of sp³-hybridized carbons (Fsp3) is 0.909. The van der Waals surface area contributed by atoms with E-state index in [2.05, 4.69) is 27.7 Å². The lowest BCUT2D eigenvalue weighted by Gasteiger charge is -2.31. The van der Waals surface area contributed by atoms with Crippen molar-refractivity contribution in [2.45, 2.75) is 117 Å². The molecular formula is C22H40O4. The highest BCUT2D eigenvalue weighted by atomic mass is 16.6. The van der Waals surface area contributed by atoms with Gasteiger partial charge in [-0.15, -0.1) is 0 Å². The first-order valence-corrected chi connectivity index (χ1v) is 11.0. The molecule has 1 saturated carbocycles. The highest BCUT2D eigenvalue weighted by molar-refractivity contribution is 5.82. The first-order valence-electron chi connectivity index (χ1n) is 11.0. The lowest BCUT2D eigenvalue weighted by Crippen LogP contribution is -2.37. The fourth-order valence-electron chi connectivity index (χ4n) is 3.75. The molecule has 4 unspecified atom stereocenters. The molecule has 0 aromatic carbocycles. The van der Waals surface area contributed by atoms with E-state index in [1.165, 1.54) is 0 Å². The molecule has 0 aliphatic heterocycles. The average molecular weight is 369 g/mol. The van der Waals surface area contributed by atoms with Gasteiger partial charge in [-0.25, -0.2) is 0 Å². The second kappa shape index (κ2) is 13.2. The first-order chi connectivity index (χ1) is 12.6. The number of hydrogen-bond acceptors (Lipinski definition) is 4. The summed E-state index contributed by atoms with van der Waals surface area (Å²) in [6, 6.07) is 0. The zero-order valence-electron chi connectivity index (χ0n) is 17.4. The maximum absolute atomic E-state index is 12.7. The van der Waals surface area contributed by atoms with Crippen LogP contribution in [0.3, 0.4) is 0 Å². The Hall–Kier alpha value is -1.06. The summed E-state index contributed by atoms with van der Waals surface area (Å²) in [6.45, 7) is 8.40. The van der Waals surface area contributed by atoms with E-state index < -0.39 is 0 Å². The summed E-state index contributed by atoms with van der Waals surface area (Å²) in [5.74, 6) is -1.02. The third-order valence-electron chi connectivity index (χ3n) is 5.61. The van der Waals surface area contributed by atoms with Gasteiger partial charge in [0, 0.05) is 0 Å². The summed E-state index contributed by atoms with van der Waals surface area (Å²) < 4.78 is 11.5. The first kappa shape index (κ1) is 23.0. The van der Waals surface area contributed by atoms with Crippen molar-refractivity contribution in [3.63, 3.8) is 0 Å². The molecule has 0 aromatic heterocycles. The number of rotatable bonds is 12. The zero-order chi connectivity index (χ0) is 19.4. The van der Waals surface area contributed by atoms with Crippen LogP contribution in [0.5, 0.6) is 0 Å². The maximum Gasteiger partial charge on any atom is 0.310 e. The van der Waals surface area contributed by atoms with Crippen LogP contribution < -0.4 is 0 Å². The molecule has 1 aliphatic rings. The van der Waals surface area contributed by atoms with Gasteiger partial charge in [0.15, 0.2) is 0 Å². The Morgan fingerprint density at radius 2 is 1.15 bits per heavy atom. The summed E-state index contributed by atoms with van der Waals surface area (Å²) in [6.07, 6.45) is 11.3. The molecule has 0 bridgehead atoms. The van der Waals surface area contributed by atoms with Gasteiger partial charge < -0.3 is 9.47 Å². The van der Waals surface area contributed by atoms with E-state index in [0.717, 1.165) is 77.0 Å². The normalized spacial score (nSPS) is 22.5. The third-order valence-corrected chi connectivity index (χ3v) is 5.61. The van der Waals surface area contributed by atoms with Gasteiger partial charge in [0.2, 0.25) is 0 Å². The lowest BCUT2D eigenvalue weighted by molar-refractivity contribution is -0.169. The Labute approximate surface area is 160 Å². The summed E-state index contributed by atoms with van der Waals surface area (Å²) in [5.41, 5.74) is 0. The summed E-state index contributed by atoms with van der Waals surface area (Å²) in [5, 5.41) is 0. The Morgan fingerprint density at radius 1 is 0.769 bits per heavy atom. The topological polar surface area (TPSA) is 52.6 Å². The predicted octanol–water partition coefficient (Wildman–Crippen LogP) is 5.82. The molecule has 0 N–H and O–H groups in total. The minimum Gasteiger partial charge on any atom is -0.462 e. The summed E-state index contributed by atoms with van der Waals surface area (Å²) in [4.78, 5) is 25.5. The molecule has 1 fully saturated rings. The van der Waals surface area contributed by atoms with E-state index in [0.29, 0.717) is 0 Å². The molecule has 0 spiro atoms. The van der Waals surface area contributed by atoms with Gasteiger partial charge in [0.05, 0.1) is 11.8 Å². The van der Waals surface area contributed by atoms with E-state index in [1.54, 1.807) is 0 Å². The molecule has 4 atom stereocenters. The molecule has 152 valence electrons. The van der Waals surface area contributed by atoms with Crippen LogP contribution in [0.1, 0.15) is 105 Å². The number of carbonyl (C=O) groups excluding carboxylic acids is 2. The van der Waals surface area contributed by atoms with Gasteiger partial charge in [0.1, 0.15) is 12.2 Å². The SMILES string of the molecule is CCCCC(CC)OC(=O)C1CCCCC1C(=O)OC(CC)CCCC. The minimum absolute atomic E-state index is 0.0195. The summed E-state index contributed by atoms with van der Waals surface area (Å²) in [7, 11) is 0. The van der Waals surface area contributed by atoms with Gasteiger partial charge in [0.25, 0.3) is 0 Å². The Balaban J connectivity index is 2.66. The molecule has 4 nitrogen and oxygen atoms in total. The van der Waals surface area contributed by atoms with Crippen LogP contribution in [0.4, 0.5) is 0 Å². The highest BCUT2D eigenvalue weighted by Crippen LogP contribution is 2.33. The number of hydrogen-bond donors (Lipinski definition) is 0. The van der Waals surface area contributed by atoms with Gasteiger partial charge in [-0.05, 0) is 38.5 Å². The van der Waals surface area contributed by atoms with Crippen molar-refractivity contribution in [3.05, 3.63) is 0 Å². The maximum atomic E-state index is 12.7. The minimum atomic E-state index is -0.324. The monoisotopic (exact) mass is 368 g/mol. The molecule has 4 heteroatoms. The number of unbranched alkanes of at least 4 members (excludes halogenated alkanes) is 2. The molecule has 26 heavy (non-hydrogen) atoms. The number of esters is 2. The van der Waals surface area contributed by atoms with Crippen LogP contribution in [0.25, 0.3) is 0 Å². The molecule has 1 rings (SSSR count). The summed E-state index contributed by atoms with van der Waals surface area (Å²) >= 11 is 0. The predicted molar refractivity (Wildman–Crippen MR) is 105 cm³/mol. The van der Waals surface area contributed by atoms with Crippen molar-refractivity contribution in [1.82, 2.24) is 0 Å². The van der Waals surface area contributed by atoms with Crippen LogP contribution in [-0.2, 0) is 19.1 Å². The van der Waals surface area contributed by atoms with Crippen molar-refractivity contribution in [2.24, 2.45) is 11.8 Å². The zero-order valence-corrected chi connectivity index (χ0v) is 17.4. The molecule has 0 amide bonds. The van der Waals surface area contributed by atoms with Gasteiger partial charge in [-0.3, -0.25) is 9.59 Å². The fourth-order valence-corrected chi connectivity index (χ4v) is 3.75. The molecule has 1 aliphatic carbocycles. The van der Waals surface area contributed by atoms with Crippen molar-refractivity contribution in [3.8, 4) is 0 Å². The Kier molecular flexibility index (Phi) is 11.6. The van der Waals surface area contributed by atoms with Crippen molar-refractivity contribution in [2.75, 3.05) is 0 Å². The molecule has 0 heterocycles. The Morgan fingerprint density at radius 3 is 1.46 bits per heavy atom. The van der Waals surface area contributed by atoms with Gasteiger partial charge >= 0.3 is 11.9 Å². The second-order valence-corrected chi connectivity index (χ2v) is 7.72. The quantitative estimate of drug-likeness (QED) is 0.407. The third kappa shape index (κ3) is 7.67. The lowest BCUT2D eigenvalue weighted by atomic mass is 9.79. The van der Waals surface area contributed by atoms with Crippen LogP contribution in [-0.4, -0.2) is 24.1 Å². The smallest absolute Gasteiger partial charge is 0.310 e. The van der Waals surface area contributed by atoms with Gasteiger partial charge in [-0.1, -0.05) is 66.2 Å². The molecular weight excluding hydrogens is 328 g/mol. The molecule has 0 saturated heterocycles. The molecule has 0 radical (unpaired) electrons. The van der Waals surface area contributed by atoms with E-state index >= 15 is 0 Å². The van der Waals surface area contributed by atoms with Crippen LogP contribution in [0.15, 0.2) is 0 Å². The van der Waals surface area contributed by atoms with Crippen molar-refractivity contribution >= 4 is 11.9 Å². The van der Waals surface area contributed by atoms with Crippen LogP contribution in [0, 0.1) is 11.8 Å². The van der Waals surface area contributed by atoms with Crippen molar-refractivity contribution in [1.29, 1.82) is 0 Å². The number of carbonyl (C=O) groups is 2. The number of ether oxygens (including phenoxy) is 2. The average Bonchev–Trinajstić information content (AvgIpc) is 2.67. The molecule has 0 aromatic rings. The van der Waals surface area contributed by atoms with E-state index in [-0.39, 0.29) is 36.0 Å². The van der Waals surface area contributed by atoms with Crippen LogP contribution in [0.2, 0.25) is 0 Å². The largest absolute Gasteiger partial charge is 0.462 e. The van der Waals surface area contributed by atoms with Crippen molar-refractivity contribution < 1.29 is 19.1 Å². The van der Waals surface area contributed by atoms with E-state index in [4.69, 9.17) is 9.47 Å². The van der Waals surface area contributed by atoms with Gasteiger partial charge in [-0.2, -0.15) is 0 Å². The van der Waals surface area contributed by atoms with E-state index in [1.807, 2.05) is 0 Å².